The fourth-order valence-electron chi connectivity index (χ4n) is 0.853. The molecule has 0 unspecified atom stereocenters. The van der Waals surface area contributed by atoms with Crippen LogP contribution in [-0.4, -0.2) is 36.0 Å². The Morgan fingerprint density at radius 3 is 2.31 bits per heavy atom. The van der Waals surface area contributed by atoms with Crippen LogP contribution < -0.4 is 10.6 Å². The summed E-state index contributed by atoms with van der Waals surface area (Å²) in [5, 5.41) is 13.0. The van der Waals surface area contributed by atoms with Gasteiger partial charge in [-0.1, -0.05) is 0 Å². The first-order chi connectivity index (χ1) is 6.24. The van der Waals surface area contributed by atoms with Gasteiger partial charge in [0.15, 0.2) is 0 Å². The van der Waals surface area contributed by atoms with Gasteiger partial charge in [0.2, 0.25) is 5.96 Å². The summed E-state index contributed by atoms with van der Waals surface area (Å²) in [6.07, 6.45) is 1.39. The predicted octanol–water partition coefficient (Wildman–Crippen LogP) is -1.64. The van der Waals surface area contributed by atoms with Crippen LogP contribution in [-0.2, 0) is 9.59 Å². The van der Waals surface area contributed by atoms with E-state index < -0.39 is 11.8 Å². The first kappa shape index (κ1) is 9.66. The average Bonchev–Trinajstić information content (AvgIpc) is 2.41. The Bertz CT molecular complexity index is 231. The Hall–Kier alpha value is -1.43. The number of guanidine groups is 1. The first-order valence-corrected chi connectivity index (χ1v) is 4.01. The van der Waals surface area contributed by atoms with Crippen molar-refractivity contribution < 1.29 is 14.7 Å². The maximum atomic E-state index is 10.6. The Kier molecular flexibility index (Phi) is 3.39. The molecule has 0 aliphatic carbocycles. The molecule has 6 nitrogen and oxygen atoms in total. The second-order valence-corrected chi connectivity index (χ2v) is 2.57. The monoisotopic (exact) mass is 185 g/mol. The van der Waals surface area contributed by atoms with Gasteiger partial charge in [0.25, 0.3) is 0 Å². The van der Waals surface area contributed by atoms with E-state index in [0.717, 1.165) is 6.42 Å². The van der Waals surface area contributed by atoms with Gasteiger partial charge < -0.3 is 5.11 Å². The molecule has 1 rings (SSSR count). The number of carbonyl (C=O) groups is 2. The van der Waals surface area contributed by atoms with E-state index in [9.17, 15) is 9.59 Å². The van der Waals surface area contributed by atoms with Crippen LogP contribution in [0, 0.1) is 0 Å². The molecule has 0 radical (unpaired) electrons. The molecule has 0 aromatic rings. The lowest BCUT2D eigenvalue weighted by atomic mass is 10.3. The van der Waals surface area contributed by atoms with Gasteiger partial charge >= 0.3 is 11.8 Å². The minimum absolute atomic E-state index is 0.129. The van der Waals surface area contributed by atoms with E-state index in [1.54, 1.807) is 0 Å². The highest BCUT2D eigenvalue weighted by molar-refractivity contribution is 6.45. The molecular formula is C7H11N3O3. The SMILES string of the molecule is O=C1NC(=NCCCCO)NC1=O. The molecule has 72 valence electrons. The Balaban J connectivity index is 2.29. The van der Waals surface area contributed by atoms with Crippen LogP contribution >= 0.6 is 0 Å². The molecule has 0 aromatic carbocycles. The van der Waals surface area contributed by atoms with Crippen LogP contribution in [0.5, 0.6) is 0 Å². The van der Waals surface area contributed by atoms with Crippen molar-refractivity contribution in [3.05, 3.63) is 0 Å². The quantitative estimate of drug-likeness (QED) is 0.362. The Morgan fingerprint density at radius 2 is 1.77 bits per heavy atom. The second kappa shape index (κ2) is 4.56. The maximum absolute atomic E-state index is 10.6. The fraction of sp³-hybridized carbons (Fsp3) is 0.571. The molecule has 2 amide bonds. The highest BCUT2D eigenvalue weighted by Crippen LogP contribution is 1.89. The van der Waals surface area contributed by atoms with Crippen molar-refractivity contribution in [2.75, 3.05) is 13.2 Å². The van der Waals surface area contributed by atoms with E-state index in [4.69, 9.17) is 5.11 Å². The van der Waals surface area contributed by atoms with Crippen molar-refractivity contribution in [1.29, 1.82) is 0 Å². The fourth-order valence-corrected chi connectivity index (χ4v) is 0.853. The minimum Gasteiger partial charge on any atom is -0.396 e. The lowest BCUT2D eigenvalue weighted by Crippen LogP contribution is -2.25. The molecule has 1 heterocycles. The van der Waals surface area contributed by atoms with Gasteiger partial charge in [-0.05, 0) is 12.8 Å². The van der Waals surface area contributed by atoms with Crippen molar-refractivity contribution in [1.82, 2.24) is 10.6 Å². The van der Waals surface area contributed by atoms with E-state index in [1.807, 2.05) is 0 Å². The van der Waals surface area contributed by atoms with Gasteiger partial charge in [0, 0.05) is 13.2 Å². The van der Waals surface area contributed by atoms with Crippen molar-refractivity contribution in [2.45, 2.75) is 12.8 Å². The zero-order valence-electron chi connectivity index (χ0n) is 7.04. The first-order valence-electron chi connectivity index (χ1n) is 4.01. The molecule has 13 heavy (non-hydrogen) atoms. The summed E-state index contributed by atoms with van der Waals surface area (Å²) >= 11 is 0. The van der Waals surface area contributed by atoms with Crippen LogP contribution in [0.25, 0.3) is 0 Å². The van der Waals surface area contributed by atoms with Gasteiger partial charge in [-0.15, -0.1) is 0 Å². The Morgan fingerprint density at radius 1 is 1.15 bits per heavy atom. The third-order valence-electron chi connectivity index (χ3n) is 1.51. The van der Waals surface area contributed by atoms with Crippen molar-refractivity contribution in [3.63, 3.8) is 0 Å². The van der Waals surface area contributed by atoms with E-state index in [2.05, 4.69) is 15.6 Å². The average molecular weight is 185 g/mol. The topological polar surface area (TPSA) is 90.8 Å². The molecule has 0 spiro atoms. The second-order valence-electron chi connectivity index (χ2n) is 2.57. The van der Waals surface area contributed by atoms with E-state index >= 15 is 0 Å². The molecule has 0 aromatic heterocycles. The normalized spacial score (nSPS) is 15.6. The number of aliphatic hydroxyl groups is 1. The van der Waals surface area contributed by atoms with Gasteiger partial charge in [-0.3, -0.25) is 25.2 Å². The highest BCUT2D eigenvalue weighted by atomic mass is 16.3. The van der Waals surface area contributed by atoms with E-state index in [0.29, 0.717) is 13.0 Å². The predicted molar refractivity (Wildman–Crippen MR) is 44.9 cm³/mol. The molecule has 1 aliphatic rings. The molecule has 0 bridgehead atoms. The number of aliphatic hydroxyl groups excluding tert-OH is 1. The number of carbonyl (C=O) groups excluding carboxylic acids is 2. The smallest absolute Gasteiger partial charge is 0.316 e. The van der Waals surface area contributed by atoms with Crippen LogP contribution in [0.1, 0.15) is 12.8 Å². The molecule has 0 saturated carbocycles. The van der Waals surface area contributed by atoms with E-state index in [1.165, 1.54) is 0 Å². The van der Waals surface area contributed by atoms with Gasteiger partial charge in [-0.25, -0.2) is 0 Å². The lowest BCUT2D eigenvalue weighted by molar-refractivity contribution is -0.135. The molecule has 1 fully saturated rings. The third-order valence-corrected chi connectivity index (χ3v) is 1.51. The van der Waals surface area contributed by atoms with Crippen LogP contribution in [0.3, 0.4) is 0 Å². The van der Waals surface area contributed by atoms with Crippen molar-refractivity contribution in [2.24, 2.45) is 4.99 Å². The summed E-state index contributed by atoms with van der Waals surface area (Å²) < 4.78 is 0. The van der Waals surface area contributed by atoms with Gasteiger partial charge in [-0.2, -0.15) is 0 Å². The van der Waals surface area contributed by atoms with Crippen molar-refractivity contribution in [3.8, 4) is 0 Å². The molecule has 1 aliphatic heterocycles. The van der Waals surface area contributed by atoms with Crippen LogP contribution in [0.15, 0.2) is 4.99 Å². The summed E-state index contributed by atoms with van der Waals surface area (Å²) in [6, 6.07) is 0. The summed E-state index contributed by atoms with van der Waals surface area (Å²) in [5.41, 5.74) is 0. The zero-order chi connectivity index (χ0) is 9.68. The Labute approximate surface area is 75.0 Å². The summed E-state index contributed by atoms with van der Waals surface area (Å²) in [6.45, 7) is 0.611. The number of hydrogen-bond donors (Lipinski definition) is 3. The molecule has 3 N–H and O–H groups in total. The number of hydrogen-bond acceptors (Lipinski definition) is 4. The number of nitrogens with one attached hydrogen (secondary N) is 2. The molecule has 6 heteroatoms. The standard InChI is InChI=1S/C7H11N3O3/c11-4-2-1-3-8-7-9-5(12)6(13)10-7/h11H,1-4H2,(H2,8,9,10,12,13). The van der Waals surface area contributed by atoms with Gasteiger partial charge in [0.1, 0.15) is 0 Å². The molecule has 1 saturated heterocycles. The van der Waals surface area contributed by atoms with Crippen LogP contribution in [0.2, 0.25) is 0 Å². The number of rotatable bonds is 4. The summed E-state index contributed by atoms with van der Waals surface area (Å²) in [5.74, 6) is -1.16. The molecule has 0 atom stereocenters. The van der Waals surface area contributed by atoms with E-state index in [-0.39, 0.29) is 12.6 Å². The highest BCUT2D eigenvalue weighted by Gasteiger charge is 2.24. The summed E-state index contributed by atoms with van der Waals surface area (Å²) in [4.78, 5) is 25.2. The van der Waals surface area contributed by atoms with Crippen molar-refractivity contribution >= 4 is 17.8 Å². The largest absolute Gasteiger partial charge is 0.396 e. The lowest BCUT2D eigenvalue weighted by Gasteiger charge is -1.95. The van der Waals surface area contributed by atoms with Gasteiger partial charge in [0.05, 0.1) is 0 Å². The number of unbranched alkanes of at least 4 members (excludes halogenated alkanes) is 1. The third kappa shape index (κ3) is 2.83. The zero-order valence-corrected chi connectivity index (χ0v) is 7.04. The number of nitrogens with zero attached hydrogens (tertiary/aromatic N) is 1. The summed E-state index contributed by atoms with van der Waals surface area (Å²) in [7, 11) is 0. The number of amides is 2. The van der Waals surface area contributed by atoms with Crippen LogP contribution in [0.4, 0.5) is 0 Å². The molecular weight excluding hydrogens is 174 g/mol. The maximum Gasteiger partial charge on any atom is 0.316 e. The number of aliphatic imine (C=N–C) groups is 1. The minimum atomic E-state index is -0.680.